The summed E-state index contributed by atoms with van der Waals surface area (Å²) in [7, 11) is 0. The van der Waals surface area contributed by atoms with Gasteiger partial charge in [-0.2, -0.15) is 0 Å². The van der Waals surface area contributed by atoms with E-state index in [1.165, 1.54) is 6.07 Å². The zero-order chi connectivity index (χ0) is 22.3. The predicted molar refractivity (Wildman–Crippen MR) is 118 cm³/mol. The fraction of sp³-hybridized carbons (Fsp3) is 0.167. The maximum absolute atomic E-state index is 14.0. The van der Waals surface area contributed by atoms with E-state index in [4.69, 9.17) is 11.6 Å². The van der Waals surface area contributed by atoms with E-state index in [2.05, 4.69) is 9.88 Å². The van der Waals surface area contributed by atoms with Gasteiger partial charge in [-0.15, -0.1) is 0 Å². The fourth-order valence-electron chi connectivity index (χ4n) is 3.81. The summed E-state index contributed by atoms with van der Waals surface area (Å²) in [5.41, 5.74) is 5.01. The highest BCUT2D eigenvalue weighted by atomic mass is 35.5. The minimum absolute atomic E-state index is 0.130. The second-order valence-corrected chi connectivity index (χ2v) is 7.92. The molecule has 0 spiro atoms. The first kappa shape index (κ1) is 20.9. The number of carbonyl (C=O) groups is 2. The number of halogens is 2. The number of amides is 3. The van der Waals surface area contributed by atoms with E-state index in [1.54, 1.807) is 24.3 Å². The first-order chi connectivity index (χ1) is 14.8. The zero-order valence-electron chi connectivity index (χ0n) is 17.4. The van der Waals surface area contributed by atoms with E-state index in [0.717, 1.165) is 33.1 Å². The van der Waals surface area contributed by atoms with E-state index in [-0.39, 0.29) is 17.8 Å². The van der Waals surface area contributed by atoms with E-state index < -0.39 is 17.8 Å². The van der Waals surface area contributed by atoms with Crippen LogP contribution in [-0.4, -0.2) is 21.4 Å². The molecule has 5 nitrogen and oxygen atoms in total. The molecule has 0 radical (unpaired) electrons. The van der Waals surface area contributed by atoms with Gasteiger partial charge in [0.15, 0.2) is 0 Å². The summed E-state index contributed by atoms with van der Waals surface area (Å²) >= 11 is 6.29. The molecule has 2 heterocycles. The Morgan fingerprint density at radius 3 is 2.55 bits per heavy atom. The van der Waals surface area contributed by atoms with E-state index in [9.17, 15) is 14.0 Å². The Labute approximate surface area is 184 Å². The molecule has 31 heavy (non-hydrogen) atoms. The molecule has 1 saturated heterocycles. The van der Waals surface area contributed by atoms with Crippen molar-refractivity contribution in [1.82, 2.24) is 14.8 Å². The topological polar surface area (TPSA) is 54.3 Å². The van der Waals surface area contributed by atoms with Crippen LogP contribution in [0.4, 0.5) is 9.18 Å². The van der Waals surface area contributed by atoms with Crippen molar-refractivity contribution < 1.29 is 14.0 Å². The molecule has 0 aliphatic carbocycles. The number of hydrogen-bond acceptors (Lipinski definition) is 2. The Hall–Kier alpha value is -3.38. The molecule has 4 rings (SSSR count). The van der Waals surface area contributed by atoms with Crippen molar-refractivity contribution in [2.45, 2.75) is 27.3 Å². The lowest BCUT2D eigenvalue weighted by molar-refractivity contribution is -0.123. The van der Waals surface area contributed by atoms with Gasteiger partial charge in [0.05, 0.1) is 6.54 Å². The van der Waals surface area contributed by atoms with Gasteiger partial charge in [-0.05, 0) is 62.2 Å². The third kappa shape index (κ3) is 3.75. The molecule has 1 aliphatic rings. The van der Waals surface area contributed by atoms with E-state index in [1.807, 2.05) is 45.0 Å². The predicted octanol–water partition coefficient (Wildman–Crippen LogP) is 5.29. The van der Waals surface area contributed by atoms with Gasteiger partial charge in [-0.3, -0.25) is 9.69 Å². The lowest BCUT2D eigenvalue weighted by Gasteiger charge is -2.13. The van der Waals surface area contributed by atoms with E-state index >= 15 is 0 Å². The summed E-state index contributed by atoms with van der Waals surface area (Å²) in [6.45, 7) is 5.73. The van der Waals surface area contributed by atoms with Gasteiger partial charge in [-0.1, -0.05) is 35.9 Å². The van der Waals surface area contributed by atoms with Gasteiger partial charge >= 0.3 is 6.03 Å². The third-order valence-corrected chi connectivity index (χ3v) is 5.91. The normalized spacial score (nSPS) is 15.1. The molecule has 158 valence electrons. The number of nitrogens with one attached hydrogen (secondary N) is 1. The molecule has 3 amide bonds. The second-order valence-electron chi connectivity index (χ2n) is 7.52. The Bertz CT molecular complexity index is 1250. The minimum Gasteiger partial charge on any atom is -0.318 e. The van der Waals surface area contributed by atoms with Crippen LogP contribution < -0.4 is 5.32 Å². The molecule has 0 atom stereocenters. The van der Waals surface area contributed by atoms with Crippen LogP contribution in [0.25, 0.3) is 11.8 Å². The maximum atomic E-state index is 14.0. The molecule has 0 bridgehead atoms. The molecule has 1 fully saturated rings. The van der Waals surface area contributed by atoms with Gasteiger partial charge in [0.1, 0.15) is 11.5 Å². The Balaban J connectivity index is 1.67. The zero-order valence-corrected chi connectivity index (χ0v) is 18.1. The highest BCUT2D eigenvalue weighted by Gasteiger charge is 2.34. The number of imide groups is 1. The smallest absolute Gasteiger partial charge is 0.318 e. The Morgan fingerprint density at radius 2 is 1.81 bits per heavy atom. The van der Waals surface area contributed by atoms with Gasteiger partial charge in [0.25, 0.3) is 5.91 Å². The molecule has 3 aromatic rings. The summed E-state index contributed by atoms with van der Waals surface area (Å²) in [6.07, 6.45) is 1.65. The lowest BCUT2D eigenvalue weighted by atomic mass is 10.1. The first-order valence-electron chi connectivity index (χ1n) is 9.80. The Kier molecular flexibility index (Phi) is 5.41. The highest BCUT2D eigenvalue weighted by molar-refractivity contribution is 6.31. The molecule has 1 aliphatic heterocycles. The van der Waals surface area contributed by atoms with Gasteiger partial charge in [-0.25, -0.2) is 9.18 Å². The van der Waals surface area contributed by atoms with Gasteiger partial charge in [0.2, 0.25) is 0 Å². The summed E-state index contributed by atoms with van der Waals surface area (Å²) in [6, 6.07) is 13.2. The lowest BCUT2D eigenvalue weighted by Crippen LogP contribution is -2.30. The second kappa shape index (κ2) is 8.04. The van der Waals surface area contributed by atoms with Crippen molar-refractivity contribution in [3.05, 3.63) is 93.1 Å². The number of hydrogen-bond donors (Lipinski definition) is 1. The molecule has 7 heteroatoms. The standard InChI is InChI=1S/C24H21ClFN3O2/c1-14-11-18(16(3)29(14)22-10-6-8-19(25)15(22)2)12-21-23(30)28(24(31)27-21)13-17-7-4-5-9-20(17)26/h4-12H,13H2,1-3H3,(H,27,31)/b21-12+. The van der Waals surface area contributed by atoms with Crippen LogP contribution >= 0.6 is 11.6 Å². The van der Waals surface area contributed by atoms with Crippen LogP contribution in [0.3, 0.4) is 0 Å². The van der Waals surface area contributed by atoms with Crippen LogP contribution in [0.5, 0.6) is 0 Å². The number of aryl methyl sites for hydroxylation is 1. The van der Waals surface area contributed by atoms with Crippen molar-refractivity contribution in [2.24, 2.45) is 0 Å². The number of rotatable bonds is 4. The monoisotopic (exact) mass is 437 g/mol. The quantitative estimate of drug-likeness (QED) is 0.445. The largest absolute Gasteiger partial charge is 0.329 e. The van der Waals surface area contributed by atoms with Crippen LogP contribution in [0.15, 0.2) is 54.2 Å². The maximum Gasteiger partial charge on any atom is 0.329 e. The summed E-state index contributed by atoms with van der Waals surface area (Å²) in [5.74, 6) is -0.946. The number of aromatic nitrogens is 1. The SMILES string of the molecule is Cc1c(Cl)cccc1-n1c(C)cc(/C=C2/NC(=O)N(Cc3ccccc3F)C2=O)c1C. The van der Waals surface area contributed by atoms with Gasteiger partial charge < -0.3 is 9.88 Å². The fourth-order valence-corrected chi connectivity index (χ4v) is 3.98. The highest BCUT2D eigenvalue weighted by Crippen LogP contribution is 2.28. The molecular formula is C24H21ClFN3O2. The average Bonchev–Trinajstić information content (AvgIpc) is 3.15. The first-order valence-corrected chi connectivity index (χ1v) is 10.2. The molecular weight excluding hydrogens is 417 g/mol. The van der Waals surface area contributed by atoms with E-state index in [0.29, 0.717) is 5.02 Å². The molecule has 2 aromatic carbocycles. The number of nitrogens with zero attached hydrogens (tertiary/aromatic N) is 2. The Morgan fingerprint density at radius 1 is 1.06 bits per heavy atom. The summed E-state index contributed by atoms with van der Waals surface area (Å²) in [4.78, 5) is 26.2. The molecule has 1 aromatic heterocycles. The van der Waals surface area contributed by atoms with Crippen molar-refractivity contribution in [1.29, 1.82) is 0 Å². The third-order valence-electron chi connectivity index (χ3n) is 5.50. The average molecular weight is 438 g/mol. The molecule has 0 saturated carbocycles. The van der Waals surface area contributed by atoms with Gasteiger partial charge in [0, 0.05) is 27.7 Å². The molecule has 1 N–H and O–H groups in total. The van der Waals surface area contributed by atoms with Crippen molar-refractivity contribution >= 4 is 29.6 Å². The van der Waals surface area contributed by atoms with Crippen LogP contribution in [0.1, 0.15) is 28.1 Å². The summed E-state index contributed by atoms with van der Waals surface area (Å²) in [5, 5.41) is 3.28. The number of carbonyl (C=O) groups excluding carboxylic acids is 2. The van der Waals surface area contributed by atoms with Crippen LogP contribution in [-0.2, 0) is 11.3 Å². The van der Waals surface area contributed by atoms with Crippen LogP contribution in [0, 0.1) is 26.6 Å². The number of urea groups is 1. The van der Waals surface area contributed by atoms with Crippen molar-refractivity contribution in [3.8, 4) is 5.69 Å². The summed E-state index contributed by atoms with van der Waals surface area (Å²) < 4.78 is 16.0. The minimum atomic E-state index is -0.570. The number of benzene rings is 2. The van der Waals surface area contributed by atoms with Crippen LogP contribution in [0.2, 0.25) is 5.02 Å². The van der Waals surface area contributed by atoms with Crippen molar-refractivity contribution in [2.75, 3.05) is 0 Å². The molecule has 0 unspecified atom stereocenters. The van der Waals surface area contributed by atoms with Crippen molar-refractivity contribution in [3.63, 3.8) is 0 Å².